The Balaban J connectivity index is 1.69. The number of rotatable bonds is 10. The molecule has 9 heteroatoms. The van der Waals surface area contributed by atoms with Crippen molar-refractivity contribution in [2.45, 2.75) is 33.2 Å². The molecular weight excluding hydrogens is 416 g/mol. The third kappa shape index (κ3) is 6.69. The topological polar surface area (TPSA) is 72.7 Å². The maximum Gasteiger partial charge on any atom is 0.387 e. The third-order valence-electron chi connectivity index (χ3n) is 4.66. The van der Waals surface area contributed by atoms with Crippen LogP contribution in [-0.4, -0.2) is 36.0 Å². The molecule has 2 aromatic carbocycles. The van der Waals surface area contributed by atoms with Crippen molar-refractivity contribution in [1.29, 1.82) is 0 Å². The van der Waals surface area contributed by atoms with Crippen LogP contribution >= 0.6 is 0 Å². The van der Waals surface area contributed by atoms with Gasteiger partial charge in [-0.3, -0.25) is 4.68 Å². The first-order chi connectivity index (χ1) is 15.6. The average Bonchev–Trinajstić information content (AvgIpc) is 3.29. The molecule has 170 valence electrons. The summed E-state index contributed by atoms with van der Waals surface area (Å²) in [5, 5.41) is 10.8. The van der Waals surface area contributed by atoms with Crippen molar-refractivity contribution in [3.63, 3.8) is 0 Å². The first-order valence-electron chi connectivity index (χ1n) is 10.3. The molecule has 1 aromatic heterocycles. The zero-order chi connectivity index (χ0) is 22.8. The lowest BCUT2D eigenvalue weighted by Gasteiger charge is -2.15. The zero-order valence-corrected chi connectivity index (χ0v) is 18.1. The van der Waals surface area contributed by atoms with E-state index in [1.807, 2.05) is 36.0 Å². The fourth-order valence-electron chi connectivity index (χ4n) is 3.15. The smallest absolute Gasteiger partial charge is 0.387 e. The molecule has 0 aliphatic carbocycles. The number of aliphatic imine (C=N–C) groups is 1. The molecule has 0 atom stereocenters. The van der Waals surface area contributed by atoms with Crippen LogP contribution in [-0.2, 0) is 19.6 Å². The van der Waals surface area contributed by atoms with Gasteiger partial charge in [0, 0.05) is 25.5 Å². The van der Waals surface area contributed by atoms with Crippen molar-refractivity contribution in [3.8, 4) is 11.5 Å². The molecule has 0 saturated carbocycles. The van der Waals surface area contributed by atoms with Crippen LogP contribution in [0.15, 0.2) is 65.9 Å². The monoisotopic (exact) mass is 443 g/mol. The Morgan fingerprint density at radius 1 is 1.09 bits per heavy atom. The van der Waals surface area contributed by atoms with Crippen LogP contribution in [0.25, 0.3) is 0 Å². The maximum atomic E-state index is 12.7. The number of nitrogens with one attached hydrogen (secondary N) is 2. The number of alkyl halides is 2. The second-order valence-corrected chi connectivity index (χ2v) is 6.88. The van der Waals surface area contributed by atoms with Gasteiger partial charge in [-0.05, 0) is 41.8 Å². The predicted octanol–water partition coefficient (Wildman–Crippen LogP) is 3.80. The summed E-state index contributed by atoms with van der Waals surface area (Å²) in [5.41, 5.74) is 3.01. The van der Waals surface area contributed by atoms with Crippen LogP contribution in [0.3, 0.4) is 0 Å². The Hall–Kier alpha value is -3.62. The van der Waals surface area contributed by atoms with Crippen LogP contribution in [0.1, 0.15) is 23.6 Å². The summed E-state index contributed by atoms with van der Waals surface area (Å²) >= 11 is 0. The van der Waals surface area contributed by atoms with Gasteiger partial charge in [-0.25, -0.2) is 4.99 Å². The van der Waals surface area contributed by atoms with Crippen molar-refractivity contribution in [2.75, 3.05) is 13.7 Å². The Bertz CT molecular complexity index is 1010. The van der Waals surface area contributed by atoms with E-state index < -0.39 is 6.61 Å². The number of benzene rings is 2. The van der Waals surface area contributed by atoms with Gasteiger partial charge in [0.25, 0.3) is 0 Å². The normalized spacial score (nSPS) is 11.5. The number of hydrogen-bond donors (Lipinski definition) is 2. The highest BCUT2D eigenvalue weighted by Gasteiger charge is 2.11. The molecule has 0 bridgehead atoms. The lowest BCUT2D eigenvalue weighted by molar-refractivity contribution is -0.0512. The number of aromatic nitrogens is 2. The molecule has 0 unspecified atom stereocenters. The van der Waals surface area contributed by atoms with Crippen molar-refractivity contribution in [2.24, 2.45) is 4.99 Å². The van der Waals surface area contributed by atoms with E-state index in [1.54, 1.807) is 18.3 Å². The highest BCUT2D eigenvalue weighted by atomic mass is 19.3. The Morgan fingerprint density at radius 3 is 2.59 bits per heavy atom. The van der Waals surface area contributed by atoms with Crippen molar-refractivity contribution < 1.29 is 18.3 Å². The molecule has 3 aromatic rings. The number of ether oxygens (including phenoxy) is 2. The van der Waals surface area contributed by atoms with E-state index in [0.717, 1.165) is 16.7 Å². The van der Waals surface area contributed by atoms with E-state index in [2.05, 4.69) is 37.6 Å². The van der Waals surface area contributed by atoms with E-state index in [-0.39, 0.29) is 18.0 Å². The van der Waals surface area contributed by atoms with Gasteiger partial charge in [-0.1, -0.05) is 30.3 Å². The molecule has 7 nitrogen and oxygen atoms in total. The summed E-state index contributed by atoms with van der Waals surface area (Å²) in [6.45, 7) is 1.27. The minimum atomic E-state index is -2.93. The first kappa shape index (κ1) is 23.1. The standard InChI is InChI=1S/C23H27F2N5O2/c1-3-26-23(27-14-17-9-10-20(31-2)21(13-17)32-22(24)25)28-15-18-7-4-5-8-19(18)16-30-12-6-11-29-30/h4-13,22H,3,14-16H2,1-2H3,(H2,26,27,28). The quantitative estimate of drug-likeness (QED) is 0.368. The fraction of sp³-hybridized carbons (Fsp3) is 0.304. The van der Waals surface area contributed by atoms with E-state index in [9.17, 15) is 8.78 Å². The SMILES string of the molecule is CCNC(=NCc1ccc(OC)c(OC(F)F)c1)NCc1ccccc1Cn1cccn1. The predicted molar refractivity (Wildman–Crippen MR) is 119 cm³/mol. The summed E-state index contributed by atoms with van der Waals surface area (Å²) < 4.78 is 36.8. The number of guanidine groups is 1. The summed E-state index contributed by atoms with van der Waals surface area (Å²) in [6.07, 6.45) is 3.68. The largest absolute Gasteiger partial charge is 0.493 e. The summed E-state index contributed by atoms with van der Waals surface area (Å²) in [4.78, 5) is 4.57. The molecular formula is C23H27F2N5O2. The van der Waals surface area contributed by atoms with Gasteiger partial charge in [0.2, 0.25) is 0 Å². The molecule has 3 rings (SSSR count). The van der Waals surface area contributed by atoms with Gasteiger partial charge in [0.1, 0.15) is 0 Å². The molecule has 0 aliphatic rings. The molecule has 0 fully saturated rings. The van der Waals surface area contributed by atoms with Gasteiger partial charge < -0.3 is 20.1 Å². The second-order valence-electron chi connectivity index (χ2n) is 6.88. The van der Waals surface area contributed by atoms with Crippen LogP contribution in [0.4, 0.5) is 8.78 Å². The third-order valence-corrected chi connectivity index (χ3v) is 4.66. The van der Waals surface area contributed by atoms with Gasteiger partial charge >= 0.3 is 6.61 Å². The molecule has 32 heavy (non-hydrogen) atoms. The molecule has 0 radical (unpaired) electrons. The first-order valence-corrected chi connectivity index (χ1v) is 10.3. The highest BCUT2D eigenvalue weighted by molar-refractivity contribution is 5.79. The molecule has 0 saturated heterocycles. The van der Waals surface area contributed by atoms with Crippen LogP contribution in [0, 0.1) is 0 Å². The molecule has 0 aliphatic heterocycles. The van der Waals surface area contributed by atoms with Gasteiger partial charge in [-0.2, -0.15) is 13.9 Å². The zero-order valence-electron chi connectivity index (χ0n) is 18.1. The summed E-state index contributed by atoms with van der Waals surface area (Å²) in [5.74, 6) is 0.853. The Labute approximate surface area is 186 Å². The number of hydrogen-bond acceptors (Lipinski definition) is 4. The summed E-state index contributed by atoms with van der Waals surface area (Å²) in [6, 6.07) is 14.9. The maximum absolute atomic E-state index is 12.7. The van der Waals surface area contributed by atoms with Crippen LogP contribution in [0.2, 0.25) is 0 Å². The number of halogens is 2. The van der Waals surface area contributed by atoms with E-state index in [1.165, 1.54) is 13.2 Å². The van der Waals surface area contributed by atoms with E-state index >= 15 is 0 Å². The van der Waals surface area contributed by atoms with Crippen molar-refractivity contribution >= 4 is 5.96 Å². The van der Waals surface area contributed by atoms with Gasteiger partial charge in [-0.15, -0.1) is 0 Å². The molecule has 0 amide bonds. The van der Waals surface area contributed by atoms with Crippen molar-refractivity contribution in [3.05, 3.63) is 77.6 Å². The Kier molecular flexibility index (Phi) is 8.42. The minimum absolute atomic E-state index is 0.0132. The van der Waals surface area contributed by atoms with Crippen LogP contribution < -0.4 is 20.1 Å². The van der Waals surface area contributed by atoms with Crippen LogP contribution in [0.5, 0.6) is 11.5 Å². The minimum Gasteiger partial charge on any atom is -0.493 e. The number of methoxy groups -OCH3 is 1. The molecule has 2 N–H and O–H groups in total. The highest BCUT2D eigenvalue weighted by Crippen LogP contribution is 2.29. The summed E-state index contributed by atoms with van der Waals surface area (Å²) in [7, 11) is 1.41. The average molecular weight is 443 g/mol. The Morgan fingerprint density at radius 2 is 1.91 bits per heavy atom. The lowest BCUT2D eigenvalue weighted by Crippen LogP contribution is -2.37. The van der Waals surface area contributed by atoms with Gasteiger partial charge in [0.15, 0.2) is 17.5 Å². The second kappa shape index (κ2) is 11.7. The number of nitrogens with zero attached hydrogens (tertiary/aromatic N) is 3. The fourth-order valence-corrected chi connectivity index (χ4v) is 3.15. The van der Waals surface area contributed by atoms with E-state index in [4.69, 9.17) is 4.74 Å². The lowest BCUT2D eigenvalue weighted by atomic mass is 10.1. The van der Waals surface area contributed by atoms with Gasteiger partial charge in [0.05, 0.1) is 20.2 Å². The van der Waals surface area contributed by atoms with Crippen molar-refractivity contribution in [1.82, 2.24) is 20.4 Å². The van der Waals surface area contributed by atoms with E-state index in [0.29, 0.717) is 25.6 Å². The molecule has 0 spiro atoms. The molecule has 1 heterocycles.